The van der Waals surface area contributed by atoms with Gasteiger partial charge in [0.1, 0.15) is 5.69 Å². The van der Waals surface area contributed by atoms with Gasteiger partial charge in [0, 0.05) is 31.3 Å². The first kappa shape index (κ1) is 15.0. The van der Waals surface area contributed by atoms with E-state index in [-0.39, 0.29) is 24.3 Å². The monoisotopic (exact) mass is 287 g/mol. The van der Waals surface area contributed by atoms with Gasteiger partial charge in [0.15, 0.2) is 0 Å². The molecule has 0 saturated carbocycles. The van der Waals surface area contributed by atoms with Gasteiger partial charge in [0.2, 0.25) is 5.91 Å². The number of likely N-dealkylation sites (tertiary alicyclic amines) is 1. The van der Waals surface area contributed by atoms with Gasteiger partial charge in [-0.05, 0) is 18.6 Å². The summed E-state index contributed by atoms with van der Waals surface area (Å²) < 4.78 is 0. The molecule has 1 fully saturated rings. The van der Waals surface area contributed by atoms with Crippen LogP contribution in [0.5, 0.6) is 0 Å². The third-order valence-corrected chi connectivity index (χ3v) is 3.33. The highest BCUT2D eigenvalue weighted by molar-refractivity contribution is 5.93. The zero-order valence-corrected chi connectivity index (χ0v) is 11.6. The van der Waals surface area contributed by atoms with Gasteiger partial charge in [-0.2, -0.15) is 0 Å². The molecule has 0 spiro atoms. The number of aliphatic hydroxyl groups is 1. The lowest BCUT2D eigenvalue weighted by Crippen LogP contribution is -2.32. The van der Waals surface area contributed by atoms with Crippen LogP contribution in [-0.4, -0.2) is 46.5 Å². The predicted molar refractivity (Wildman–Crippen MR) is 76.0 cm³/mol. The summed E-state index contributed by atoms with van der Waals surface area (Å²) in [5.41, 5.74) is 6.27. The predicted octanol–water partition coefficient (Wildman–Crippen LogP) is -0.237. The van der Waals surface area contributed by atoms with E-state index in [1.807, 2.05) is 0 Å². The summed E-state index contributed by atoms with van der Waals surface area (Å²) in [4.78, 5) is 29.0. The second-order valence-electron chi connectivity index (χ2n) is 4.85. The van der Waals surface area contributed by atoms with Crippen LogP contribution in [0.2, 0.25) is 0 Å². The number of aliphatic hydroxyl groups excluding tert-OH is 1. The Morgan fingerprint density at radius 2 is 2.29 bits per heavy atom. The molecular formula is C15H17N3O3. The second-order valence-corrected chi connectivity index (χ2v) is 4.85. The van der Waals surface area contributed by atoms with Crippen LogP contribution < -0.4 is 5.73 Å². The summed E-state index contributed by atoms with van der Waals surface area (Å²) in [6, 6.07) is 3.33. The summed E-state index contributed by atoms with van der Waals surface area (Å²) in [7, 11) is 0. The average Bonchev–Trinajstić information content (AvgIpc) is 2.97. The molecule has 0 aromatic carbocycles. The zero-order chi connectivity index (χ0) is 15.2. The van der Waals surface area contributed by atoms with E-state index < -0.39 is 0 Å². The molecule has 3 N–H and O–H groups in total. The molecular weight excluding hydrogens is 270 g/mol. The molecule has 1 aromatic rings. The summed E-state index contributed by atoms with van der Waals surface area (Å²) in [6.45, 7) is 0.896. The molecule has 6 nitrogen and oxygen atoms in total. The van der Waals surface area contributed by atoms with Crippen LogP contribution in [0.3, 0.4) is 0 Å². The molecule has 110 valence electrons. The van der Waals surface area contributed by atoms with Crippen molar-refractivity contribution in [3.05, 3.63) is 29.6 Å². The van der Waals surface area contributed by atoms with Crippen molar-refractivity contribution in [3.63, 3.8) is 0 Å². The van der Waals surface area contributed by atoms with Crippen LogP contribution in [0, 0.1) is 17.8 Å². The summed E-state index contributed by atoms with van der Waals surface area (Å²) in [6.07, 6.45) is 2.54. The third-order valence-electron chi connectivity index (χ3n) is 3.33. The fourth-order valence-electron chi connectivity index (χ4n) is 2.15. The molecule has 1 atom stereocenters. The van der Waals surface area contributed by atoms with E-state index in [2.05, 4.69) is 16.8 Å². The Morgan fingerprint density at radius 3 is 2.86 bits per heavy atom. The van der Waals surface area contributed by atoms with Crippen LogP contribution in [0.4, 0.5) is 0 Å². The average molecular weight is 287 g/mol. The Hall–Kier alpha value is -2.39. The minimum absolute atomic E-state index is 0.0208. The molecule has 1 saturated heterocycles. The summed E-state index contributed by atoms with van der Waals surface area (Å²) >= 11 is 0. The minimum atomic E-state index is -0.368. The van der Waals surface area contributed by atoms with Gasteiger partial charge >= 0.3 is 0 Å². The van der Waals surface area contributed by atoms with Crippen molar-refractivity contribution in [1.29, 1.82) is 0 Å². The Balaban J connectivity index is 2.01. The summed E-state index contributed by atoms with van der Waals surface area (Å²) in [5, 5.41) is 8.64. The SMILES string of the molecule is NC(=O)C1CCN(C(=O)c2ccc(C#CCCO)cn2)C1. The smallest absolute Gasteiger partial charge is 0.272 e. The van der Waals surface area contributed by atoms with Crippen molar-refractivity contribution in [2.45, 2.75) is 12.8 Å². The Morgan fingerprint density at radius 1 is 1.48 bits per heavy atom. The van der Waals surface area contributed by atoms with Crippen molar-refractivity contribution >= 4 is 11.8 Å². The maximum absolute atomic E-state index is 12.2. The first-order valence-corrected chi connectivity index (χ1v) is 6.76. The molecule has 0 bridgehead atoms. The van der Waals surface area contributed by atoms with Crippen molar-refractivity contribution in [1.82, 2.24) is 9.88 Å². The highest BCUT2D eigenvalue weighted by Crippen LogP contribution is 2.17. The number of rotatable bonds is 3. The number of carbonyl (C=O) groups excluding carboxylic acids is 2. The quantitative estimate of drug-likeness (QED) is 0.750. The molecule has 2 rings (SSSR count). The molecule has 2 amide bonds. The van der Waals surface area contributed by atoms with Crippen LogP contribution in [-0.2, 0) is 4.79 Å². The van der Waals surface area contributed by atoms with Crippen LogP contribution >= 0.6 is 0 Å². The molecule has 1 aromatic heterocycles. The molecule has 2 heterocycles. The van der Waals surface area contributed by atoms with Crippen molar-refractivity contribution in [3.8, 4) is 11.8 Å². The lowest BCUT2D eigenvalue weighted by atomic mass is 10.1. The van der Waals surface area contributed by atoms with Crippen molar-refractivity contribution < 1.29 is 14.7 Å². The second kappa shape index (κ2) is 6.86. The number of primary amides is 1. The normalized spacial score (nSPS) is 17.2. The van der Waals surface area contributed by atoms with Gasteiger partial charge in [-0.3, -0.25) is 9.59 Å². The van der Waals surface area contributed by atoms with E-state index in [0.717, 1.165) is 0 Å². The van der Waals surface area contributed by atoms with Gasteiger partial charge in [0.05, 0.1) is 12.5 Å². The van der Waals surface area contributed by atoms with Crippen LogP contribution in [0.25, 0.3) is 0 Å². The lowest BCUT2D eigenvalue weighted by molar-refractivity contribution is -0.121. The zero-order valence-electron chi connectivity index (χ0n) is 11.6. The van der Waals surface area contributed by atoms with Crippen LogP contribution in [0.15, 0.2) is 18.3 Å². The minimum Gasteiger partial charge on any atom is -0.395 e. The number of hydrogen-bond donors (Lipinski definition) is 2. The fourth-order valence-corrected chi connectivity index (χ4v) is 2.15. The van der Waals surface area contributed by atoms with Crippen molar-refractivity contribution in [2.75, 3.05) is 19.7 Å². The van der Waals surface area contributed by atoms with Gasteiger partial charge in [-0.25, -0.2) is 4.98 Å². The maximum Gasteiger partial charge on any atom is 0.272 e. The Kier molecular flexibility index (Phi) is 4.90. The fraction of sp³-hybridized carbons (Fsp3) is 0.400. The lowest BCUT2D eigenvalue weighted by Gasteiger charge is -2.15. The summed E-state index contributed by atoms with van der Waals surface area (Å²) in [5.74, 6) is 4.80. The van der Waals surface area contributed by atoms with E-state index in [1.165, 1.54) is 6.20 Å². The van der Waals surface area contributed by atoms with E-state index >= 15 is 0 Å². The first-order chi connectivity index (χ1) is 10.1. The van der Waals surface area contributed by atoms with Gasteiger partial charge in [0.25, 0.3) is 5.91 Å². The number of amides is 2. The molecule has 1 unspecified atom stereocenters. The van der Waals surface area contributed by atoms with Gasteiger partial charge < -0.3 is 15.7 Å². The molecule has 0 radical (unpaired) electrons. The van der Waals surface area contributed by atoms with E-state index in [1.54, 1.807) is 17.0 Å². The van der Waals surface area contributed by atoms with E-state index in [9.17, 15) is 9.59 Å². The molecule has 0 aliphatic carbocycles. The molecule has 1 aliphatic heterocycles. The largest absolute Gasteiger partial charge is 0.395 e. The number of pyridine rings is 1. The third kappa shape index (κ3) is 3.80. The number of nitrogens with two attached hydrogens (primary N) is 1. The highest BCUT2D eigenvalue weighted by Gasteiger charge is 2.30. The van der Waals surface area contributed by atoms with E-state index in [0.29, 0.717) is 37.2 Å². The number of aromatic nitrogens is 1. The Bertz CT molecular complexity index is 586. The Labute approximate surface area is 123 Å². The van der Waals surface area contributed by atoms with Crippen LogP contribution in [0.1, 0.15) is 28.9 Å². The number of carbonyl (C=O) groups is 2. The van der Waals surface area contributed by atoms with E-state index in [4.69, 9.17) is 10.8 Å². The standard InChI is InChI=1S/C15H17N3O3/c16-14(20)12-6-7-18(10-12)15(21)13-5-4-11(9-17-13)3-1-2-8-19/h4-5,9,12,19H,2,6-8,10H2,(H2,16,20). The highest BCUT2D eigenvalue weighted by atomic mass is 16.2. The maximum atomic E-state index is 12.2. The topological polar surface area (TPSA) is 96.5 Å². The number of hydrogen-bond acceptors (Lipinski definition) is 4. The molecule has 1 aliphatic rings. The van der Waals surface area contributed by atoms with Gasteiger partial charge in [-0.1, -0.05) is 11.8 Å². The van der Waals surface area contributed by atoms with Gasteiger partial charge in [-0.15, -0.1) is 0 Å². The first-order valence-electron chi connectivity index (χ1n) is 6.76. The number of nitrogens with zero attached hydrogens (tertiary/aromatic N) is 2. The van der Waals surface area contributed by atoms with Crippen molar-refractivity contribution in [2.24, 2.45) is 11.7 Å². The molecule has 6 heteroatoms. The molecule has 21 heavy (non-hydrogen) atoms.